The lowest BCUT2D eigenvalue weighted by Gasteiger charge is -2.08. The van der Waals surface area contributed by atoms with E-state index in [0.29, 0.717) is 0 Å². The molecule has 2 heterocycles. The van der Waals surface area contributed by atoms with Crippen LogP contribution in [0.15, 0.2) is 24.5 Å². The molecule has 0 unspecified atom stereocenters. The second-order valence-corrected chi connectivity index (χ2v) is 4.67. The number of carboxylic acids is 1. The van der Waals surface area contributed by atoms with E-state index in [9.17, 15) is 9.59 Å². The van der Waals surface area contributed by atoms with Crippen LogP contribution in [0.2, 0.25) is 10.2 Å². The van der Waals surface area contributed by atoms with Gasteiger partial charge < -0.3 is 15.0 Å². The number of carbonyl (C=O) groups excluding carboxylic acids is 1. The molecule has 0 radical (unpaired) electrons. The molecule has 0 fully saturated rings. The number of carbonyl (C=O) groups is 2. The fraction of sp³-hybridized carbons (Fsp3) is 0.0833. The van der Waals surface area contributed by atoms with Crippen molar-refractivity contribution in [3.05, 3.63) is 46.0 Å². The molecule has 0 aromatic carbocycles. The Kier molecular flexibility index (Phi) is 3.96. The summed E-state index contributed by atoms with van der Waals surface area (Å²) >= 11 is 11.7. The average molecular weight is 314 g/mol. The van der Waals surface area contributed by atoms with Gasteiger partial charge in [-0.3, -0.25) is 9.78 Å². The Balaban J connectivity index is 2.33. The molecular weight excluding hydrogens is 305 g/mol. The zero-order valence-corrected chi connectivity index (χ0v) is 11.7. The van der Waals surface area contributed by atoms with Gasteiger partial charge in [0.25, 0.3) is 5.91 Å². The van der Waals surface area contributed by atoms with Crippen LogP contribution in [0.3, 0.4) is 0 Å². The number of carboxylic acid groups (broad SMARTS) is 1. The van der Waals surface area contributed by atoms with Gasteiger partial charge in [0.05, 0.1) is 22.5 Å². The summed E-state index contributed by atoms with van der Waals surface area (Å²) in [5, 5.41) is 12.0. The molecule has 1 amide bonds. The average Bonchev–Trinajstić information content (AvgIpc) is 2.67. The van der Waals surface area contributed by atoms with E-state index in [2.05, 4.69) is 10.3 Å². The highest BCUT2D eigenvalue weighted by atomic mass is 35.5. The molecule has 0 aliphatic carbocycles. The maximum Gasteiger partial charge on any atom is 0.337 e. The number of aromatic carboxylic acids is 1. The van der Waals surface area contributed by atoms with Crippen LogP contribution in [-0.2, 0) is 7.05 Å². The van der Waals surface area contributed by atoms with Gasteiger partial charge in [-0.25, -0.2) is 4.79 Å². The third-order valence-corrected chi connectivity index (χ3v) is 3.49. The van der Waals surface area contributed by atoms with Crippen LogP contribution < -0.4 is 5.32 Å². The Labute approximate surface area is 123 Å². The molecule has 20 heavy (non-hydrogen) atoms. The van der Waals surface area contributed by atoms with Gasteiger partial charge in [-0.05, 0) is 12.1 Å². The second kappa shape index (κ2) is 5.52. The second-order valence-electron chi connectivity index (χ2n) is 3.91. The molecule has 0 bridgehead atoms. The van der Waals surface area contributed by atoms with Crippen LogP contribution in [-0.4, -0.2) is 26.5 Å². The largest absolute Gasteiger partial charge is 0.478 e. The van der Waals surface area contributed by atoms with E-state index < -0.39 is 11.9 Å². The van der Waals surface area contributed by atoms with Gasteiger partial charge in [0.1, 0.15) is 10.8 Å². The normalized spacial score (nSPS) is 10.3. The summed E-state index contributed by atoms with van der Waals surface area (Å²) in [6.45, 7) is 0. The Bertz CT molecular complexity index is 697. The summed E-state index contributed by atoms with van der Waals surface area (Å²) < 4.78 is 1.40. The van der Waals surface area contributed by atoms with Crippen LogP contribution >= 0.6 is 23.2 Å². The fourth-order valence-corrected chi connectivity index (χ4v) is 2.00. The lowest BCUT2D eigenvalue weighted by molar-refractivity contribution is 0.0698. The number of rotatable bonds is 3. The van der Waals surface area contributed by atoms with E-state index in [1.165, 1.54) is 29.1 Å². The van der Waals surface area contributed by atoms with E-state index in [1.807, 2.05) is 0 Å². The van der Waals surface area contributed by atoms with E-state index in [1.54, 1.807) is 7.05 Å². The lowest BCUT2D eigenvalue weighted by atomic mass is 10.2. The number of amides is 1. The molecule has 8 heteroatoms. The molecule has 0 aliphatic rings. The monoisotopic (exact) mass is 313 g/mol. The van der Waals surface area contributed by atoms with Crippen molar-refractivity contribution in [2.75, 3.05) is 5.32 Å². The molecule has 104 valence electrons. The van der Waals surface area contributed by atoms with Crippen molar-refractivity contribution in [3.63, 3.8) is 0 Å². The van der Waals surface area contributed by atoms with Crippen molar-refractivity contribution >= 4 is 40.8 Å². The number of halogens is 2. The van der Waals surface area contributed by atoms with Gasteiger partial charge in [-0.2, -0.15) is 0 Å². The van der Waals surface area contributed by atoms with Crippen LogP contribution in [0, 0.1) is 0 Å². The van der Waals surface area contributed by atoms with Crippen LogP contribution in [0.4, 0.5) is 5.69 Å². The van der Waals surface area contributed by atoms with Gasteiger partial charge in [0.15, 0.2) is 0 Å². The Morgan fingerprint density at radius 3 is 2.65 bits per heavy atom. The summed E-state index contributed by atoms with van der Waals surface area (Å²) in [5.74, 6) is -1.69. The van der Waals surface area contributed by atoms with Gasteiger partial charge in [0.2, 0.25) is 0 Å². The number of hydrogen-bond donors (Lipinski definition) is 2. The zero-order chi connectivity index (χ0) is 14.9. The zero-order valence-electron chi connectivity index (χ0n) is 10.2. The maximum absolute atomic E-state index is 12.1. The summed E-state index contributed by atoms with van der Waals surface area (Å²) in [5.41, 5.74) is 0.249. The van der Waals surface area contributed by atoms with Crippen molar-refractivity contribution in [3.8, 4) is 0 Å². The summed E-state index contributed by atoms with van der Waals surface area (Å²) in [6, 6.07) is 2.69. The fourth-order valence-electron chi connectivity index (χ4n) is 1.63. The number of nitrogens with zero attached hydrogens (tertiary/aromatic N) is 2. The highest BCUT2D eigenvalue weighted by molar-refractivity contribution is 6.42. The molecule has 6 nitrogen and oxygen atoms in total. The number of aromatic nitrogens is 2. The van der Waals surface area contributed by atoms with Crippen LogP contribution in [0.25, 0.3) is 0 Å². The predicted molar refractivity (Wildman–Crippen MR) is 74.6 cm³/mol. The first-order valence-corrected chi connectivity index (χ1v) is 6.16. The predicted octanol–water partition coefficient (Wildman–Crippen LogP) is 2.68. The first kappa shape index (κ1) is 14.4. The maximum atomic E-state index is 12.1. The SMILES string of the molecule is Cn1c(C(=O)Nc2cnccc2C(=O)O)cc(Cl)c1Cl. The van der Waals surface area contributed by atoms with Gasteiger partial charge in [-0.15, -0.1) is 0 Å². The topological polar surface area (TPSA) is 84.2 Å². The summed E-state index contributed by atoms with van der Waals surface area (Å²) in [7, 11) is 1.57. The summed E-state index contributed by atoms with van der Waals surface area (Å²) in [4.78, 5) is 26.9. The highest BCUT2D eigenvalue weighted by Crippen LogP contribution is 2.26. The van der Waals surface area contributed by atoms with E-state index >= 15 is 0 Å². The van der Waals surface area contributed by atoms with E-state index in [4.69, 9.17) is 28.3 Å². The van der Waals surface area contributed by atoms with Gasteiger partial charge >= 0.3 is 5.97 Å². The number of pyridine rings is 1. The molecule has 2 aromatic heterocycles. The van der Waals surface area contributed by atoms with Crippen LogP contribution in [0.5, 0.6) is 0 Å². The van der Waals surface area contributed by atoms with Crippen molar-refractivity contribution in [2.24, 2.45) is 7.05 Å². The van der Waals surface area contributed by atoms with Crippen molar-refractivity contribution in [2.45, 2.75) is 0 Å². The minimum atomic E-state index is -1.16. The minimum Gasteiger partial charge on any atom is -0.478 e. The first-order valence-electron chi connectivity index (χ1n) is 5.41. The standard InChI is InChI=1S/C12H9Cl2N3O3/c1-17-9(4-7(13)10(17)14)11(18)16-8-5-15-3-2-6(8)12(19)20/h2-5H,1H3,(H,16,18)(H,19,20). The Morgan fingerprint density at radius 1 is 1.40 bits per heavy atom. The molecular formula is C12H9Cl2N3O3. The van der Waals surface area contributed by atoms with Gasteiger partial charge in [0, 0.05) is 13.2 Å². The molecule has 0 saturated carbocycles. The van der Waals surface area contributed by atoms with Crippen molar-refractivity contribution in [1.29, 1.82) is 0 Å². The molecule has 0 atom stereocenters. The Morgan fingerprint density at radius 2 is 2.10 bits per heavy atom. The van der Waals surface area contributed by atoms with Gasteiger partial charge in [-0.1, -0.05) is 23.2 Å². The van der Waals surface area contributed by atoms with E-state index in [0.717, 1.165) is 0 Å². The molecule has 0 saturated heterocycles. The molecule has 2 rings (SSSR count). The minimum absolute atomic E-state index is 0.0558. The first-order chi connectivity index (χ1) is 9.41. The summed E-state index contributed by atoms with van der Waals surface area (Å²) in [6.07, 6.45) is 2.59. The van der Waals surface area contributed by atoms with E-state index in [-0.39, 0.29) is 27.1 Å². The number of hydrogen-bond acceptors (Lipinski definition) is 3. The third kappa shape index (κ3) is 2.61. The molecule has 2 N–H and O–H groups in total. The third-order valence-electron chi connectivity index (χ3n) is 2.65. The molecule has 0 spiro atoms. The van der Waals surface area contributed by atoms with Crippen molar-refractivity contribution < 1.29 is 14.7 Å². The number of anilines is 1. The quantitative estimate of drug-likeness (QED) is 0.912. The smallest absolute Gasteiger partial charge is 0.337 e. The van der Waals surface area contributed by atoms with Crippen LogP contribution in [0.1, 0.15) is 20.8 Å². The molecule has 2 aromatic rings. The molecule has 0 aliphatic heterocycles. The Hall–Kier alpha value is -2.05. The number of nitrogens with one attached hydrogen (secondary N) is 1. The van der Waals surface area contributed by atoms with Crippen molar-refractivity contribution in [1.82, 2.24) is 9.55 Å². The lowest BCUT2D eigenvalue weighted by Crippen LogP contribution is -2.17. The highest BCUT2D eigenvalue weighted by Gasteiger charge is 2.18.